The molecule has 0 saturated heterocycles. The molecule has 25 heavy (non-hydrogen) atoms. The molecule has 0 radical (unpaired) electrons. The lowest BCUT2D eigenvalue weighted by molar-refractivity contribution is -0.387. The van der Waals surface area contributed by atoms with E-state index >= 15 is 0 Å². The van der Waals surface area contributed by atoms with Crippen LogP contribution in [0.5, 0.6) is 0 Å². The van der Waals surface area contributed by atoms with Gasteiger partial charge in [-0.05, 0) is 24.3 Å². The Kier molecular flexibility index (Phi) is 5.52. The number of halogens is 3. The molecule has 132 valence electrons. The van der Waals surface area contributed by atoms with Gasteiger partial charge < -0.3 is 5.32 Å². The fourth-order valence-corrected chi connectivity index (χ4v) is 3.04. The summed E-state index contributed by atoms with van der Waals surface area (Å²) >= 11 is 0. The first-order chi connectivity index (χ1) is 11.7. The van der Waals surface area contributed by atoms with Crippen LogP contribution in [0, 0.1) is 10.1 Å². The van der Waals surface area contributed by atoms with Gasteiger partial charge in [0.15, 0.2) is 0 Å². The van der Waals surface area contributed by atoms with E-state index in [1.54, 1.807) is 0 Å². The van der Waals surface area contributed by atoms with Crippen LogP contribution in [0.2, 0.25) is 0 Å². The van der Waals surface area contributed by atoms with Gasteiger partial charge in [-0.15, -0.1) is 0 Å². The fraction of sp³-hybridized carbons (Fsp3) is 0.133. The lowest BCUT2D eigenvalue weighted by Crippen LogP contribution is -2.20. The maximum atomic E-state index is 12.6. The molecule has 0 aliphatic carbocycles. The Balaban J connectivity index is 2.11. The number of carbonyl (C=O) groups is 1. The predicted octanol–water partition coefficient (Wildman–Crippen LogP) is 3.36. The molecule has 0 fully saturated rings. The second kappa shape index (κ2) is 7.43. The van der Waals surface area contributed by atoms with Crippen LogP contribution in [0.4, 0.5) is 24.5 Å². The summed E-state index contributed by atoms with van der Waals surface area (Å²) in [6, 6.07) is 9.20. The number of anilines is 1. The zero-order valence-electron chi connectivity index (χ0n) is 12.4. The van der Waals surface area contributed by atoms with Crippen molar-refractivity contribution in [3.63, 3.8) is 0 Å². The molecule has 0 unspecified atom stereocenters. The molecule has 1 atom stereocenters. The van der Waals surface area contributed by atoms with Crippen LogP contribution >= 0.6 is 0 Å². The Morgan fingerprint density at radius 1 is 1.16 bits per heavy atom. The third kappa shape index (κ3) is 4.86. The highest BCUT2D eigenvalue weighted by atomic mass is 32.2. The molecular formula is C15H11F3N2O4S. The Morgan fingerprint density at radius 2 is 1.84 bits per heavy atom. The number of alkyl halides is 3. The van der Waals surface area contributed by atoms with E-state index in [2.05, 4.69) is 5.32 Å². The first-order valence-corrected chi connectivity index (χ1v) is 8.09. The van der Waals surface area contributed by atoms with Crippen molar-refractivity contribution >= 4 is 28.1 Å². The first-order valence-electron chi connectivity index (χ1n) is 6.77. The van der Waals surface area contributed by atoms with Crippen molar-refractivity contribution in [1.29, 1.82) is 0 Å². The standard InChI is InChI=1S/C15H11F3N2O4S/c16-15(17,18)10-4-3-5-11(8-10)19-14(21)9-25(24)13-7-2-1-6-12(13)20(22)23/h1-8H,9H2,(H,19,21)/t25-/m1/s1. The maximum Gasteiger partial charge on any atom is 0.416 e. The van der Waals surface area contributed by atoms with E-state index in [0.29, 0.717) is 0 Å². The molecule has 0 spiro atoms. The van der Waals surface area contributed by atoms with Gasteiger partial charge in [-0.3, -0.25) is 19.1 Å². The number of nitro groups is 1. The molecule has 1 amide bonds. The summed E-state index contributed by atoms with van der Waals surface area (Å²) in [6.07, 6.45) is -4.56. The van der Waals surface area contributed by atoms with Crippen molar-refractivity contribution < 1.29 is 27.1 Å². The molecule has 2 rings (SSSR count). The van der Waals surface area contributed by atoms with Crippen LogP contribution < -0.4 is 5.32 Å². The number of benzene rings is 2. The van der Waals surface area contributed by atoms with Gasteiger partial charge >= 0.3 is 6.18 Å². The third-order valence-electron chi connectivity index (χ3n) is 3.04. The molecule has 0 bridgehead atoms. The van der Waals surface area contributed by atoms with Crippen LogP contribution in [0.25, 0.3) is 0 Å². The number of nitro benzene ring substituents is 1. The van der Waals surface area contributed by atoms with Gasteiger partial charge in [-0.2, -0.15) is 13.2 Å². The zero-order chi connectivity index (χ0) is 18.6. The average Bonchev–Trinajstić information content (AvgIpc) is 2.54. The predicted molar refractivity (Wildman–Crippen MR) is 84.4 cm³/mol. The molecule has 0 aliphatic heterocycles. The molecule has 0 aliphatic rings. The normalized spacial score (nSPS) is 12.4. The quantitative estimate of drug-likeness (QED) is 0.644. The Bertz CT molecular complexity index is 840. The van der Waals surface area contributed by atoms with Crippen molar-refractivity contribution in [3.8, 4) is 0 Å². The number of hydrogen-bond donors (Lipinski definition) is 1. The number of hydrogen-bond acceptors (Lipinski definition) is 4. The summed E-state index contributed by atoms with van der Waals surface area (Å²) in [5.74, 6) is -1.45. The number of rotatable bonds is 5. The maximum absolute atomic E-state index is 12.6. The number of amides is 1. The molecule has 2 aromatic carbocycles. The van der Waals surface area contributed by atoms with Crippen molar-refractivity contribution in [3.05, 3.63) is 64.2 Å². The SMILES string of the molecule is O=C(C[S@@](=O)c1ccccc1[N+](=O)[O-])Nc1cccc(C(F)(F)F)c1. The summed E-state index contributed by atoms with van der Waals surface area (Å²) in [5, 5.41) is 13.1. The highest BCUT2D eigenvalue weighted by Crippen LogP contribution is 2.30. The third-order valence-corrected chi connectivity index (χ3v) is 4.40. The minimum atomic E-state index is -4.56. The Hall–Kier alpha value is -2.75. The first kappa shape index (κ1) is 18.6. The van der Waals surface area contributed by atoms with Crippen molar-refractivity contribution in [2.24, 2.45) is 0 Å². The van der Waals surface area contributed by atoms with Gasteiger partial charge in [0.05, 0.1) is 21.3 Å². The number of nitrogens with zero attached hydrogens (tertiary/aromatic N) is 1. The van der Waals surface area contributed by atoms with Gasteiger partial charge in [0.2, 0.25) is 5.91 Å². The van der Waals surface area contributed by atoms with E-state index in [9.17, 15) is 32.3 Å². The molecule has 0 heterocycles. The van der Waals surface area contributed by atoms with Crippen LogP contribution in [-0.4, -0.2) is 20.8 Å². The van der Waals surface area contributed by atoms with E-state index in [-0.39, 0.29) is 10.6 Å². The highest BCUT2D eigenvalue weighted by molar-refractivity contribution is 7.86. The Morgan fingerprint density at radius 3 is 2.48 bits per heavy atom. The molecule has 0 saturated carbocycles. The summed E-state index contributed by atoms with van der Waals surface area (Å²) < 4.78 is 50.1. The topological polar surface area (TPSA) is 89.3 Å². The lowest BCUT2D eigenvalue weighted by atomic mass is 10.2. The molecule has 1 N–H and O–H groups in total. The number of nitrogens with one attached hydrogen (secondary N) is 1. The smallest absolute Gasteiger partial charge is 0.325 e. The van der Waals surface area contributed by atoms with E-state index in [1.807, 2.05) is 0 Å². The highest BCUT2D eigenvalue weighted by Gasteiger charge is 2.30. The van der Waals surface area contributed by atoms with Crippen molar-refractivity contribution in [1.82, 2.24) is 0 Å². The van der Waals surface area contributed by atoms with E-state index in [0.717, 1.165) is 24.3 Å². The van der Waals surface area contributed by atoms with Gasteiger partial charge in [-0.25, -0.2) is 0 Å². The summed E-state index contributed by atoms with van der Waals surface area (Å²) in [6.45, 7) is 0. The fourth-order valence-electron chi connectivity index (χ4n) is 1.97. The minimum Gasteiger partial charge on any atom is -0.325 e. The molecule has 0 aromatic heterocycles. The van der Waals surface area contributed by atoms with Crippen molar-refractivity contribution in [2.45, 2.75) is 11.1 Å². The van der Waals surface area contributed by atoms with Crippen LogP contribution in [-0.2, 0) is 21.8 Å². The monoisotopic (exact) mass is 372 g/mol. The molecular weight excluding hydrogens is 361 g/mol. The second-order valence-corrected chi connectivity index (χ2v) is 6.26. The lowest BCUT2D eigenvalue weighted by Gasteiger charge is -2.10. The summed E-state index contributed by atoms with van der Waals surface area (Å²) in [7, 11) is -2.02. The Labute approximate surface area is 142 Å². The second-order valence-electron chi connectivity index (χ2n) is 4.84. The van der Waals surface area contributed by atoms with Crippen LogP contribution in [0.15, 0.2) is 53.4 Å². The number of para-hydroxylation sites is 1. The largest absolute Gasteiger partial charge is 0.416 e. The van der Waals surface area contributed by atoms with E-state index < -0.39 is 44.8 Å². The minimum absolute atomic E-state index is 0.112. The van der Waals surface area contributed by atoms with Gasteiger partial charge in [0.25, 0.3) is 5.69 Å². The van der Waals surface area contributed by atoms with Gasteiger partial charge in [0, 0.05) is 11.8 Å². The molecule has 2 aromatic rings. The van der Waals surface area contributed by atoms with E-state index in [4.69, 9.17) is 0 Å². The van der Waals surface area contributed by atoms with Gasteiger partial charge in [-0.1, -0.05) is 18.2 Å². The zero-order valence-corrected chi connectivity index (χ0v) is 13.3. The van der Waals surface area contributed by atoms with E-state index in [1.165, 1.54) is 24.3 Å². The van der Waals surface area contributed by atoms with Gasteiger partial charge in [0.1, 0.15) is 10.6 Å². The average molecular weight is 372 g/mol. The van der Waals surface area contributed by atoms with Crippen molar-refractivity contribution in [2.75, 3.05) is 11.1 Å². The number of carbonyl (C=O) groups excluding carboxylic acids is 1. The molecule has 10 heteroatoms. The summed E-state index contributed by atoms with van der Waals surface area (Å²) in [5.41, 5.74) is -1.45. The summed E-state index contributed by atoms with van der Waals surface area (Å²) in [4.78, 5) is 21.9. The van der Waals surface area contributed by atoms with Crippen LogP contribution in [0.3, 0.4) is 0 Å². The molecule has 6 nitrogen and oxygen atoms in total. The van der Waals surface area contributed by atoms with Crippen LogP contribution in [0.1, 0.15) is 5.56 Å².